The zero-order valence-electron chi connectivity index (χ0n) is 11.2. The van der Waals surface area contributed by atoms with Gasteiger partial charge in [0.05, 0.1) is 12.1 Å². The third-order valence-corrected chi connectivity index (χ3v) is 3.93. The monoisotopic (exact) mass is 293 g/mol. The molecule has 0 saturated heterocycles. The van der Waals surface area contributed by atoms with Crippen LogP contribution in [0, 0.1) is 0 Å². The second-order valence-corrected chi connectivity index (χ2v) is 5.48. The molecule has 0 amide bonds. The van der Waals surface area contributed by atoms with E-state index in [4.69, 9.17) is 22.1 Å². The second kappa shape index (κ2) is 5.38. The Bertz CT molecular complexity index is 594. The minimum Gasteiger partial charge on any atom is -0.399 e. The van der Waals surface area contributed by atoms with Gasteiger partial charge in [-0.1, -0.05) is 11.6 Å². The Morgan fingerprint density at radius 1 is 1.35 bits per heavy atom. The predicted octanol–water partition coefficient (Wildman–Crippen LogP) is 2.32. The molecule has 1 aromatic heterocycles. The number of rotatable bonds is 3. The van der Waals surface area contributed by atoms with Crippen LogP contribution in [0.3, 0.4) is 0 Å². The largest absolute Gasteiger partial charge is 0.399 e. The van der Waals surface area contributed by atoms with E-state index in [0.717, 1.165) is 24.8 Å². The van der Waals surface area contributed by atoms with E-state index in [1.165, 1.54) is 0 Å². The van der Waals surface area contributed by atoms with Gasteiger partial charge in [0, 0.05) is 23.4 Å². The molecule has 20 heavy (non-hydrogen) atoms. The molecule has 106 valence electrons. The van der Waals surface area contributed by atoms with Crippen LogP contribution in [0.2, 0.25) is 5.02 Å². The van der Waals surface area contributed by atoms with Crippen LogP contribution in [0.5, 0.6) is 0 Å². The van der Waals surface area contributed by atoms with Gasteiger partial charge in [-0.05, 0) is 47.9 Å². The normalized spacial score (nSPS) is 22.3. The van der Waals surface area contributed by atoms with Crippen molar-refractivity contribution in [1.29, 1.82) is 0 Å². The molecule has 6 nitrogen and oxygen atoms in total. The number of hydrogen-bond acceptors (Lipinski definition) is 5. The molecule has 1 aromatic carbocycles. The van der Waals surface area contributed by atoms with E-state index in [2.05, 4.69) is 15.5 Å². The Hall–Kier alpha value is -1.66. The summed E-state index contributed by atoms with van der Waals surface area (Å²) in [5, 5.41) is 12.6. The summed E-state index contributed by atoms with van der Waals surface area (Å²) in [6.45, 7) is 0. The predicted molar refractivity (Wildman–Crippen MR) is 76.4 cm³/mol. The first-order valence-corrected chi connectivity index (χ1v) is 6.92. The standard InChI is InChI=1S/C13H16ClN5O/c1-20-12-3-2-11(7-12)19-13(16-17-18-19)8-4-9(14)6-10(15)5-8/h4-6,11-12H,2-3,7,15H2,1H3. The minimum atomic E-state index is 0.255. The number of methoxy groups -OCH3 is 1. The molecule has 2 atom stereocenters. The molecule has 0 spiro atoms. The maximum atomic E-state index is 6.05. The first kappa shape index (κ1) is 13.3. The van der Waals surface area contributed by atoms with Crippen molar-refractivity contribution in [1.82, 2.24) is 20.2 Å². The van der Waals surface area contributed by atoms with Crippen molar-refractivity contribution in [3.05, 3.63) is 23.2 Å². The lowest BCUT2D eigenvalue weighted by atomic mass is 10.1. The number of anilines is 1. The van der Waals surface area contributed by atoms with E-state index < -0.39 is 0 Å². The summed E-state index contributed by atoms with van der Waals surface area (Å²) in [7, 11) is 1.74. The molecular weight excluding hydrogens is 278 g/mol. The van der Waals surface area contributed by atoms with Crippen molar-refractivity contribution in [2.24, 2.45) is 0 Å². The summed E-state index contributed by atoms with van der Waals surface area (Å²) in [5.41, 5.74) is 7.26. The van der Waals surface area contributed by atoms with Crippen LogP contribution in [0.1, 0.15) is 25.3 Å². The van der Waals surface area contributed by atoms with Gasteiger partial charge >= 0.3 is 0 Å². The van der Waals surface area contributed by atoms with E-state index >= 15 is 0 Å². The SMILES string of the molecule is COC1CCC(n2nnnc2-c2cc(N)cc(Cl)c2)C1. The fourth-order valence-corrected chi connectivity index (χ4v) is 2.97. The summed E-state index contributed by atoms with van der Waals surface area (Å²) in [6, 6.07) is 5.61. The Morgan fingerprint density at radius 3 is 2.90 bits per heavy atom. The zero-order chi connectivity index (χ0) is 14.1. The smallest absolute Gasteiger partial charge is 0.182 e. The highest BCUT2D eigenvalue weighted by molar-refractivity contribution is 6.31. The van der Waals surface area contributed by atoms with Crippen LogP contribution in [0.15, 0.2) is 18.2 Å². The van der Waals surface area contributed by atoms with E-state index in [1.807, 2.05) is 16.8 Å². The maximum absolute atomic E-state index is 6.05. The van der Waals surface area contributed by atoms with Crippen molar-refractivity contribution < 1.29 is 4.74 Å². The molecule has 0 radical (unpaired) electrons. The van der Waals surface area contributed by atoms with Gasteiger partial charge in [-0.25, -0.2) is 4.68 Å². The summed E-state index contributed by atoms with van der Waals surface area (Å²) in [4.78, 5) is 0. The van der Waals surface area contributed by atoms with Gasteiger partial charge in [0.1, 0.15) is 0 Å². The third-order valence-electron chi connectivity index (χ3n) is 3.71. The Balaban J connectivity index is 1.94. The number of nitrogens with zero attached hydrogens (tertiary/aromatic N) is 4. The number of ether oxygens (including phenoxy) is 1. The number of aromatic nitrogens is 4. The van der Waals surface area contributed by atoms with Crippen molar-refractivity contribution >= 4 is 17.3 Å². The van der Waals surface area contributed by atoms with Crippen LogP contribution in [-0.2, 0) is 4.74 Å². The number of hydrogen-bond donors (Lipinski definition) is 1. The van der Waals surface area contributed by atoms with Gasteiger partial charge in [-0.2, -0.15) is 0 Å². The summed E-state index contributed by atoms with van der Waals surface area (Å²) < 4.78 is 7.25. The molecule has 1 saturated carbocycles. The Labute approximate surface area is 121 Å². The van der Waals surface area contributed by atoms with Crippen LogP contribution in [0.4, 0.5) is 5.69 Å². The van der Waals surface area contributed by atoms with Crippen LogP contribution >= 0.6 is 11.6 Å². The lowest BCUT2D eigenvalue weighted by molar-refractivity contribution is 0.105. The topological polar surface area (TPSA) is 78.8 Å². The van der Waals surface area contributed by atoms with Gasteiger partial charge in [0.25, 0.3) is 0 Å². The first-order valence-electron chi connectivity index (χ1n) is 6.54. The molecule has 0 aliphatic heterocycles. The van der Waals surface area contributed by atoms with Crippen LogP contribution in [-0.4, -0.2) is 33.4 Å². The molecule has 7 heteroatoms. The van der Waals surface area contributed by atoms with E-state index in [9.17, 15) is 0 Å². The van der Waals surface area contributed by atoms with Gasteiger partial charge < -0.3 is 10.5 Å². The summed E-state index contributed by atoms with van der Waals surface area (Å²) >= 11 is 6.05. The molecule has 0 bridgehead atoms. The molecule has 2 aromatic rings. The summed E-state index contributed by atoms with van der Waals surface area (Å²) in [6.07, 6.45) is 3.23. The lowest BCUT2D eigenvalue weighted by Crippen LogP contribution is -2.11. The second-order valence-electron chi connectivity index (χ2n) is 5.04. The third kappa shape index (κ3) is 2.48. The van der Waals surface area contributed by atoms with E-state index in [1.54, 1.807) is 13.2 Å². The zero-order valence-corrected chi connectivity index (χ0v) is 11.9. The fraction of sp³-hybridized carbons (Fsp3) is 0.462. The first-order chi connectivity index (χ1) is 9.67. The summed E-state index contributed by atoms with van der Waals surface area (Å²) in [5.74, 6) is 0.695. The maximum Gasteiger partial charge on any atom is 0.182 e. The van der Waals surface area contributed by atoms with E-state index in [0.29, 0.717) is 16.5 Å². The molecular formula is C13H16ClN5O. The number of nitrogens with two attached hydrogens (primary N) is 1. The molecule has 1 aliphatic rings. The van der Waals surface area contributed by atoms with Gasteiger partial charge in [-0.3, -0.25) is 0 Å². The Morgan fingerprint density at radius 2 is 2.20 bits per heavy atom. The fourth-order valence-electron chi connectivity index (χ4n) is 2.72. The molecule has 2 unspecified atom stereocenters. The van der Waals surface area contributed by atoms with Crippen LogP contribution < -0.4 is 5.73 Å². The van der Waals surface area contributed by atoms with E-state index in [-0.39, 0.29) is 12.1 Å². The Kier molecular flexibility index (Phi) is 3.58. The average molecular weight is 294 g/mol. The number of tetrazole rings is 1. The van der Waals surface area contributed by atoms with Gasteiger partial charge in [0.15, 0.2) is 5.82 Å². The average Bonchev–Trinajstić information content (AvgIpc) is 3.06. The molecule has 3 rings (SSSR count). The number of benzene rings is 1. The lowest BCUT2D eigenvalue weighted by Gasteiger charge is -2.13. The number of halogens is 1. The minimum absolute atomic E-state index is 0.255. The van der Waals surface area contributed by atoms with Gasteiger partial charge in [0.2, 0.25) is 0 Å². The van der Waals surface area contributed by atoms with Crippen LogP contribution in [0.25, 0.3) is 11.4 Å². The number of nitrogen functional groups attached to an aromatic ring is 1. The molecule has 1 fully saturated rings. The van der Waals surface area contributed by atoms with Gasteiger partial charge in [-0.15, -0.1) is 5.10 Å². The van der Waals surface area contributed by atoms with Crippen molar-refractivity contribution in [2.45, 2.75) is 31.4 Å². The molecule has 1 heterocycles. The highest BCUT2D eigenvalue weighted by Gasteiger charge is 2.28. The quantitative estimate of drug-likeness (QED) is 0.879. The highest BCUT2D eigenvalue weighted by atomic mass is 35.5. The molecule has 1 aliphatic carbocycles. The highest BCUT2D eigenvalue weighted by Crippen LogP contribution is 2.34. The van der Waals surface area contributed by atoms with Crippen molar-refractivity contribution in [3.63, 3.8) is 0 Å². The van der Waals surface area contributed by atoms with Crippen molar-refractivity contribution in [2.75, 3.05) is 12.8 Å². The molecule has 2 N–H and O–H groups in total. The van der Waals surface area contributed by atoms with Crippen molar-refractivity contribution in [3.8, 4) is 11.4 Å².